The molecule has 5 heteroatoms. The van der Waals surface area contributed by atoms with E-state index in [-0.39, 0.29) is 36.1 Å². The molecule has 4 atom stereocenters. The zero-order chi connectivity index (χ0) is 15.6. The van der Waals surface area contributed by atoms with Crippen LogP contribution in [0.25, 0.3) is 0 Å². The van der Waals surface area contributed by atoms with Gasteiger partial charge in [-0.25, -0.2) is 0 Å². The number of carbonyl (C=O) groups excluding carboxylic acids is 2. The number of carbonyl (C=O) groups is 2. The van der Waals surface area contributed by atoms with Gasteiger partial charge in [0.1, 0.15) is 6.29 Å². The summed E-state index contributed by atoms with van der Waals surface area (Å²) in [6, 6.07) is 0.344. The number of hydrogen-bond acceptors (Lipinski definition) is 4. The first-order valence-electron chi connectivity index (χ1n) is 8.03. The molecule has 0 aromatic heterocycles. The Balaban J connectivity index is 1.88. The lowest BCUT2D eigenvalue weighted by Crippen LogP contribution is -2.48. The van der Waals surface area contributed by atoms with Gasteiger partial charge < -0.3 is 14.8 Å². The van der Waals surface area contributed by atoms with Crippen molar-refractivity contribution in [2.24, 2.45) is 5.92 Å². The van der Waals surface area contributed by atoms with Crippen molar-refractivity contribution in [3.05, 3.63) is 0 Å². The third-order valence-corrected chi connectivity index (χ3v) is 4.98. The summed E-state index contributed by atoms with van der Waals surface area (Å²) in [6.07, 6.45) is 5.44. The van der Waals surface area contributed by atoms with E-state index in [1.165, 1.54) is 0 Å². The van der Waals surface area contributed by atoms with Crippen molar-refractivity contribution < 1.29 is 14.7 Å². The van der Waals surface area contributed by atoms with Crippen molar-refractivity contribution in [3.63, 3.8) is 0 Å². The molecule has 0 aromatic rings. The SMILES string of the molecule is CC(CC(=O)N1C2CCC1CC(O)C2)CC(C=O)N(C)C. The van der Waals surface area contributed by atoms with E-state index in [4.69, 9.17) is 0 Å². The molecule has 0 saturated carbocycles. The third kappa shape index (κ3) is 3.83. The molecular formula is C16H28N2O3. The highest BCUT2D eigenvalue weighted by molar-refractivity contribution is 5.77. The first kappa shape index (κ1) is 16.4. The van der Waals surface area contributed by atoms with Crippen molar-refractivity contribution in [1.82, 2.24) is 9.80 Å². The van der Waals surface area contributed by atoms with Crippen molar-refractivity contribution in [1.29, 1.82) is 0 Å². The fourth-order valence-electron chi connectivity index (χ4n) is 3.84. The zero-order valence-corrected chi connectivity index (χ0v) is 13.4. The number of nitrogens with zero attached hydrogens (tertiary/aromatic N) is 2. The normalized spacial score (nSPS) is 31.3. The Morgan fingerprint density at radius 1 is 1.33 bits per heavy atom. The summed E-state index contributed by atoms with van der Waals surface area (Å²) in [5.41, 5.74) is 0. The molecule has 5 nitrogen and oxygen atoms in total. The summed E-state index contributed by atoms with van der Waals surface area (Å²) in [7, 11) is 3.78. The molecule has 2 fully saturated rings. The van der Waals surface area contributed by atoms with E-state index in [0.717, 1.165) is 32.0 Å². The van der Waals surface area contributed by atoms with Crippen LogP contribution in [0.15, 0.2) is 0 Å². The van der Waals surface area contributed by atoms with Crippen LogP contribution in [0, 0.1) is 5.92 Å². The number of piperidine rings is 1. The lowest BCUT2D eigenvalue weighted by molar-refractivity contribution is -0.138. The van der Waals surface area contributed by atoms with E-state index in [9.17, 15) is 14.7 Å². The third-order valence-electron chi connectivity index (χ3n) is 4.98. The molecular weight excluding hydrogens is 268 g/mol. The largest absolute Gasteiger partial charge is 0.393 e. The molecule has 4 unspecified atom stereocenters. The van der Waals surface area contributed by atoms with Crippen LogP contribution in [0.1, 0.15) is 45.4 Å². The van der Waals surface area contributed by atoms with Crippen LogP contribution in [0.3, 0.4) is 0 Å². The maximum atomic E-state index is 12.6. The number of aliphatic hydroxyl groups excluding tert-OH is 1. The van der Waals surface area contributed by atoms with Crippen LogP contribution < -0.4 is 0 Å². The summed E-state index contributed by atoms with van der Waals surface area (Å²) >= 11 is 0. The monoisotopic (exact) mass is 296 g/mol. The number of aldehydes is 1. The molecule has 2 aliphatic heterocycles. The number of fused-ring (bicyclic) bond motifs is 2. The Hall–Kier alpha value is -0.940. The molecule has 1 N–H and O–H groups in total. The topological polar surface area (TPSA) is 60.9 Å². The first-order valence-corrected chi connectivity index (χ1v) is 8.03. The van der Waals surface area contributed by atoms with Gasteiger partial charge in [0, 0.05) is 18.5 Å². The Kier molecular flexibility index (Phi) is 5.38. The van der Waals surface area contributed by atoms with Crippen LogP contribution in [-0.4, -0.2) is 65.4 Å². The molecule has 120 valence electrons. The quantitative estimate of drug-likeness (QED) is 0.744. The molecule has 0 spiro atoms. The van der Waals surface area contributed by atoms with Crippen LogP contribution in [0.4, 0.5) is 0 Å². The van der Waals surface area contributed by atoms with Gasteiger partial charge >= 0.3 is 0 Å². The summed E-state index contributed by atoms with van der Waals surface area (Å²) in [5, 5.41) is 9.80. The van der Waals surface area contributed by atoms with E-state index in [1.54, 1.807) is 0 Å². The molecule has 0 aliphatic carbocycles. The number of aliphatic hydroxyl groups is 1. The molecule has 21 heavy (non-hydrogen) atoms. The van der Waals surface area contributed by atoms with Gasteiger partial charge in [-0.15, -0.1) is 0 Å². The molecule has 2 heterocycles. The smallest absolute Gasteiger partial charge is 0.223 e. The van der Waals surface area contributed by atoms with Gasteiger partial charge in [0.05, 0.1) is 12.1 Å². The van der Waals surface area contributed by atoms with E-state index in [0.29, 0.717) is 12.8 Å². The molecule has 0 radical (unpaired) electrons. The Morgan fingerprint density at radius 2 is 1.90 bits per heavy atom. The second kappa shape index (κ2) is 6.88. The molecule has 2 bridgehead atoms. The Morgan fingerprint density at radius 3 is 2.38 bits per heavy atom. The van der Waals surface area contributed by atoms with Crippen LogP contribution >= 0.6 is 0 Å². The molecule has 2 saturated heterocycles. The second-order valence-electron chi connectivity index (χ2n) is 7.02. The number of rotatable bonds is 6. The lowest BCUT2D eigenvalue weighted by atomic mass is 9.95. The molecule has 0 aromatic carbocycles. The van der Waals surface area contributed by atoms with Crippen LogP contribution in [0.5, 0.6) is 0 Å². The fraction of sp³-hybridized carbons (Fsp3) is 0.875. The van der Waals surface area contributed by atoms with Gasteiger partial charge in [-0.2, -0.15) is 0 Å². The maximum absolute atomic E-state index is 12.6. The first-order chi connectivity index (χ1) is 9.92. The number of amides is 1. The van der Waals surface area contributed by atoms with Crippen LogP contribution in [-0.2, 0) is 9.59 Å². The number of hydrogen-bond donors (Lipinski definition) is 1. The Bertz CT molecular complexity index is 372. The van der Waals surface area contributed by atoms with Gasteiger partial charge in [-0.05, 0) is 52.1 Å². The lowest BCUT2D eigenvalue weighted by Gasteiger charge is -2.38. The maximum Gasteiger partial charge on any atom is 0.223 e. The van der Waals surface area contributed by atoms with Gasteiger partial charge in [0.2, 0.25) is 5.91 Å². The van der Waals surface area contributed by atoms with E-state index >= 15 is 0 Å². The van der Waals surface area contributed by atoms with Crippen molar-refractivity contribution in [3.8, 4) is 0 Å². The highest BCUT2D eigenvalue weighted by Crippen LogP contribution is 2.36. The van der Waals surface area contributed by atoms with Crippen molar-refractivity contribution in [2.75, 3.05) is 14.1 Å². The highest BCUT2D eigenvalue weighted by Gasteiger charge is 2.42. The van der Waals surface area contributed by atoms with Gasteiger partial charge in [-0.3, -0.25) is 9.69 Å². The van der Waals surface area contributed by atoms with Gasteiger partial charge in [0.15, 0.2) is 0 Å². The molecule has 1 amide bonds. The highest BCUT2D eigenvalue weighted by atomic mass is 16.3. The minimum Gasteiger partial charge on any atom is -0.393 e. The summed E-state index contributed by atoms with van der Waals surface area (Å²) in [4.78, 5) is 27.5. The van der Waals surface area contributed by atoms with Crippen LogP contribution in [0.2, 0.25) is 0 Å². The standard InChI is InChI=1S/C16H28N2O3/c1-11(6-14(10-19)17(2)3)7-16(21)18-12-4-5-13(18)9-15(20)8-12/h10-15,20H,4-9H2,1-3H3. The fourth-order valence-corrected chi connectivity index (χ4v) is 3.84. The van der Waals surface area contributed by atoms with Crippen molar-refractivity contribution in [2.45, 2.75) is 69.7 Å². The number of likely N-dealkylation sites (N-methyl/N-ethyl adjacent to an activating group) is 1. The average Bonchev–Trinajstić information content (AvgIpc) is 2.68. The summed E-state index contributed by atoms with van der Waals surface area (Å²) in [6.45, 7) is 2.04. The summed E-state index contributed by atoms with van der Waals surface area (Å²) < 4.78 is 0. The van der Waals surface area contributed by atoms with Crippen molar-refractivity contribution >= 4 is 12.2 Å². The average molecular weight is 296 g/mol. The van der Waals surface area contributed by atoms with E-state index in [1.807, 2.05) is 30.8 Å². The predicted octanol–water partition coefficient (Wildman–Crippen LogP) is 1.05. The van der Waals surface area contributed by atoms with E-state index in [2.05, 4.69) is 0 Å². The second-order valence-corrected chi connectivity index (χ2v) is 7.02. The zero-order valence-electron chi connectivity index (χ0n) is 13.4. The molecule has 2 aliphatic rings. The van der Waals surface area contributed by atoms with E-state index < -0.39 is 0 Å². The summed E-state index contributed by atoms with van der Waals surface area (Å²) in [5.74, 6) is 0.395. The predicted molar refractivity (Wildman–Crippen MR) is 80.8 cm³/mol. The molecule has 2 rings (SSSR count). The minimum absolute atomic E-state index is 0.118. The van der Waals surface area contributed by atoms with Gasteiger partial charge in [0.25, 0.3) is 0 Å². The minimum atomic E-state index is -0.239. The van der Waals surface area contributed by atoms with Gasteiger partial charge in [-0.1, -0.05) is 6.92 Å². The Labute approximate surface area is 127 Å².